The predicted octanol–water partition coefficient (Wildman–Crippen LogP) is 3.44. The van der Waals surface area contributed by atoms with Crippen molar-refractivity contribution >= 4 is 34.5 Å². The first-order chi connectivity index (χ1) is 10.4. The molecule has 5 nitrogen and oxygen atoms in total. The molecule has 0 radical (unpaired) electrons. The number of anilines is 1. The molecule has 3 N–H and O–H groups in total. The van der Waals surface area contributed by atoms with Gasteiger partial charge in [-0.1, -0.05) is 25.4 Å². The number of thiazole rings is 1. The normalized spacial score (nSPS) is 10.8. The molecule has 0 aliphatic carbocycles. The summed E-state index contributed by atoms with van der Waals surface area (Å²) in [6, 6.07) is 3.05. The Morgan fingerprint density at radius 3 is 2.82 bits per heavy atom. The van der Waals surface area contributed by atoms with E-state index >= 15 is 0 Å². The number of halogens is 1. The van der Waals surface area contributed by atoms with Gasteiger partial charge in [-0.3, -0.25) is 4.79 Å². The zero-order valence-electron chi connectivity index (χ0n) is 12.6. The van der Waals surface area contributed by atoms with E-state index in [1.54, 1.807) is 0 Å². The van der Waals surface area contributed by atoms with E-state index in [0.29, 0.717) is 34.5 Å². The molecule has 1 heterocycles. The summed E-state index contributed by atoms with van der Waals surface area (Å²) in [6.45, 7) is 4.53. The molecular weight excluding hydrogens is 322 g/mol. The Hall–Kier alpha value is -1.79. The molecule has 0 fully saturated rings. The minimum atomic E-state index is -0.278. The van der Waals surface area contributed by atoms with Gasteiger partial charge in [-0.25, -0.2) is 4.98 Å². The van der Waals surface area contributed by atoms with E-state index in [0.717, 1.165) is 10.7 Å². The summed E-state index contributed by atoms with van der Waals surface area (Å²) in [7, 11) is 1.48. The molecule has 1 aromatic heterocycles. The van der Waals surface area contributed by atoms with Gasteiger partial charge in [-0.2, -0.15) is 0 Å². The third kappa shape index (κ3) is 3.69. The van der Waals surface area contributed by atoms with Crippen LogP contribution in [0.5, 0.6) is 5.75 Å². The summed E-state index contributed by atoms with van der Waals surface area (Å²) in [5.74, 6) is 0.484. The SMILES string of the molecule is COc1cc(N)c(Cl)cc1C(=O)NCc1nc(C(C)C)cs1. The molecule has 2 aromatic rings. The average Bonchev–Trinajstić information content (AvgIpc) is 2.96. The zero-order valence-corrected chi connectivity index (χ0v) is 14.2. The number of nitrogen functional groups attached to an aromatic ring is 1. The van der Waals surface area contributed by atoms with Gasteiger partial charge >= 0.3 is 0 Å². The van der Waals surface area contributed by atoms with Crippen molar-refractivity contribution in [2.75, 3.05) is 12.8 Å². The van der Waals surface area contributed by atoms with E-state index < -0.39 is 0 Å². The number of rotatable bonds is 5. The van der Waals surface area contributed by atoms with Crippen LogP contribution in [0.3, 0.4) is 0 Å². The Bertz CT molecular complexity index is 685. The minimum absolute atomic E-state index is 0.278. The fraction of sp³-hybridized carbons (Fsp3) is 0.333. The van der Waals surface area contributed by atoms with E-state index in [-0.39, 0.29) is 5.91 Å². The van der Waals surface area contributed by atoms with Gasteiger partial charge in [0.05, 0.1) is 35.6 Å². The summed E-state index contributed by atoms with van der Waals surface area (Å²) in [6.07, 6.45) is 0. The quantitative estimate of drug-likeness (QED) is 0.818. The molecule has 7 heteroatoms. The molecule has 1 amide bonds. The molecule has 22 heavy (non-hydrogen) atoms. The Labute approximate surface area is 138 Å². The summed E-state index contributed by atoms with van der Waals surface area (Å²) in [5.41, 5.74) is 7.46. The predicted molar refractivity (Wildman–Crippen MR) is 89.8 cm³/mol. The van der Waals surface area contributed by atoms with E-state index in [2.05, 4.69) is 24.1 Å². The highest BCUT2D eigenvalue weighted by Crippen LogP contribution is 2.28. The van der Waals surface area contributed by atoms with Crippen molar-refractivity contribution in [3.8, 4) is 5.75 Å². The number of ether oxygens (including phenoxy) is 1. The maximum Gasteiger partial charge on any atom is 0.255 e. The van der Waals surface area contributed by atoms with E-state index in [1.807, 2.05) is 5.38 Å². The first-order valence-electron chi connectivity index (χ1n) is 6.78. The second kappa shape index (κ2) is 6.98. The fourth-order valence-corrected chi connectivity index (χ4v) is 2.90. The van der Waals surface area contributed by atoms with Gasteiger partial charge < -0.3 is 15.8 Å². The average molecular weight is 340 g/mol. The summed E-state index contributed by atoms with van der Waals surface area (Å²) in [5, 5.41) is 6.01. The van der Waals surface area contributed by atoms with Gasteiger partial charge in [0.15, 0.2) is 0 Å². The number of carbonyl (C=O) groups is 1. The summed E-state index contributed by atoms with van der Waals surface area (Å²) < 4.78 is 5.18. The number of carbonyl (C=O) groups excluding carboxylic acids is 1. The van der Waals surface area contributed by atoms with Gasteiger partial charge in [0, 0.05) is 11.4 Å². The van der Waals surface area contributed by atoms with Crippen molar-refractivity contribution in [3.63, 3.8) is 0 Å². The number of hydrogen-bond donors (Lipinski definition) is 2. The number of nitrogens with two attached hydrogens (primary N) is 1. The Balaban J connectivity index is 2.10. The van der Waals surface area contributed by atoms with Crippen LogP contribution in [-0.4, -0.2) is 18.0 Å². The van der Waals surface area contributed by atoms with Gasteiger partial charge in [0.1, 0.15) is 10.8 Å². The van der Waals surface area contributed by atoms with Crippen LogP contribution in [0.25, 0.3) is 0 Å². The smallest absolute Gasteiger partial charge is 0.255 e. The van der Waals surface area contributed by atoms with Crippen molar-refractivity contribution in [1.82, 2.24) is 10.3 Å². The molecule has 2 rings (SSSR count). The molecule has 0 bridgehead atoms. The summed E-state index contributed by atoms with van der Waals surface area (Å²) in [4.78, 5) is 16.8. The van der Waals surface area contributed by atoms with Crippen molar-refractivity contribution in [2.24, 2.45) is 0 Å². The zero-order chi connectivity index (χ0) is 16.3. The molecule has 0 spiro atoms. The van der Waals surface area contributed by atoms with Crippen LogP contribution in [-0.2, 0) is 6.54 Å². The molecule has 1 aromatic carbocycles. The van der Waals surface area contributed by atoms with Crippen LogP contribution < -0.4 is 15.8 Å². The van der Waals surface area contributed by atoms with E-state index in [9.17, 15) is 4.79 Å². The highest BCUT2D eigenvalue weighted by atomic mass is 35.5. The Morgan fingerprint density at radius 1 is 1.50 bits per heavy atom. The molecule has 0 atom stereocenters. The number of aromatic nitrogens is 1. The molecule has 0 aliphatic rings. The summed E-state index contributed by atoms with van der Waals surface area (Å²) >= 11 is 7.50. The lowest BCUT2D eigenvalue weighted by atomic mass is 10.1. The van der Waals surface area contributed by atoms with Crippen LogP contribution in [0.15, 0.2) is 17.5 Å². The third-order valence-electron chi connectivity index (χ3n) is 3.12. The van der Waals surface area contributed by atoms with Crippen molar-refractivity contribution < 1.29 is 9.53 Å². The maximum atomic E-state index is 12.3. The van der Waals surface area contributed by atoms with E-state index in [4.69, 9.17) is 22.1 Å². The fourth-order valence-electron chi connectivity index (χ4n) is 1.84. The van der Waals surface area contributed by atoms with Crippen LogP contribution >= 0.6 is 22.9 Å². The van der Waals surface area contributed by atoms with Crippen molar-refractivity contribution in [1.29, 1.82) is 0 Å². The van der Waals surface area contributed by atoms with Crippen LogP contribution in [0.1, 0.15) is 40.8 Å². The van der Waals surface area contributed by atoms with Gasteiger partial charge in [0.2, 0.25) is 0 Å². The number of amides is 1. The minimum Gasteiger partial charge on any atom is -0.496 e. The lowest BCUT2D eigenvalue weighted by Crippen LogP contribution is -2.23. The molecule has 118 valence electrons. The van der Waals surface area contributed by atoms with Crippen LogP contribution in [0.4, 0.5) is 5.69 Å². The second-order valence-corrected chi connectivity index (χ2v) is 6.43. The standard InChI is InChI=1S/C15H18ClN3O2S/c1-8(2)12-7-22-14(19-12)6-18-15(20)9-4-10(16)11(17)5-13(9)21-3/h4-5,7-8H,6,17H2,1-3H3,(H,18,20). The van der Waals surface area contributed by atoms with Gasteiger partial charge in [0.25, 0.3) is 5.91 Å². The number of nitrogens with zero attached hydrogens (tertiary/aromatic N) is 1. The third-order valence-corrected chi connectivity index (χ3v) is 4.32. The highest BCUT2D eigenvalue weighted by Gasteiger charge is 2.15. The molecule has 0 saturated carbocycles. The molecule has 0 unspecified atom stereocenters. The molecule has 0 aliphatic heterocycles. The van der Waals surface area contributed by atoms with Crippen molar-refractivity contribution in [2.45, 2.75) is 26.3 Å². The van der Waals surface area contributed by atoms with Crippen molar-refractivity contribution in [3.05, 3.63) is 38.8 Å². The first kappa shape index (κ1) is 16.6. The molecule has 0 saturated heterocycles. The molecular formula is C15H18ClN3O2S. The Kier molecular flexibility index (Phi) is 5.26. The monoisotopic (exact) mass is 339 g/mol. The lowest BCUT2D eigenvalue weighted by Gasteiger charge is -2.10. The maximum absolute atomic E-state index is 12.3. The first-order valence-corrected chi connectivity index (χ1v) is 8.03. The number of hydrogen-bond acceptors (Lipinski definition) is 5. The van der Waals surface area contributed by atoms with Crippen LogP contribution in [0, 0.1) is 0 Å². The largest absolute Gasteiger partial charge is 0.496 e. The van der Waals surface area contributed by atoms with E-state index in [1.165, 1.54) is 30.6 Å². The number of benzene rings is 1. The Morgan fingerprint density at radius 2 is 2.23 bits per heavy atom. The van der Waals surface area contributed by atoms with Crippen LogP contribution in [0.2, 0.25) is 5.02 Å². The lowest BCUT2D eigenvalue weighted by molar-refractivity contribution is 0.0948. The van der Waals surface area contributed by atoms with Gasteiger partial charge in [-0.05, 0) is 12.0 Å². The van der Waals surface area contributed by atoms with Gasteiger partial charge in [-0.15, -0.1) is 11.3 Å². The highest BCUT2D eigenvalue weighted by molar-refractivity contribution is 7.09. The number of nitrogens with one attached hydrogen (secondary N) is 1. The number of methoxy groups -OCH3 is 1. The second-order valence-electron chi connectivity index (χ2n) is 5.08. The topological polar surface area (TPSA) is 77.2 Å².